The fraction of sp³-hybridized carbons (Fsp3) is 0.286. The van der Waals surface area contributed by atoms with Crippen LogP contribution in [0.1, 0.15) is 35.3 Å². The van der Waals surface area contributed by atoms with Crippen LogP contribution in [0.4, 0.5) is 5.69 Å². The summed E-state index contributed by atoms with van der Waals surface area (Å²) in [6, 6.07) is 12.5. The minimum absolute atomic E-state index is 0.0299. The molecule has 1 aliphatic heterocycles. The van der Waals surface area contributed by atoms with Crippen molar-refractivity contribution in [3.05, 3.63) is 59.2 Å². The molecular weight excluding hydrogens is 376 g/mol. The van der Waals surface area contributed by atoms with E-state index in [2.05, 4.69) is 5.32 Å². The normalized spacial score (nSPS) is 14.1. The van der Waals surface area contributed by atoms with E-state index < -0.39 is 5.97 Å². The lowest BCUT2D eigenvalue weighted by Gasteiger charge is -2.31. The molecule has 0 fully saturated rings. The number of carbonyl (C=O) groups excluding carboxylic acids is 2. The van der Waals surface area contributed by atoms with Crippen LogP contribution in [0.2, 0.25) is 0 Å². The number of hydrogen-bond acceptors (Lipinski definition) is 4. The van der Waals surface area contributed by atoms with E-state index in [1.165, 1.54) is 18.7 Å². The Labute approximate surface area is 167 Å². The SMILES string of the molecule is CC(=O)Nc1ccc(SC(C)C(=O)N2CCc3ccc(C(=O)O)cc3C2)cc1. The topological polar surface area (TPSA) is 86.7 Å². The van der Waals surface area contributed by atoms with Gasteiger partial charge in [0.2, 0.25) is 11.8 Å². The van der Waals surface area contributed by atoms with Crippen molar-refractivity contribution in [2.45, 2.75) is 37.0 Å². The monoisotopic (exact) mass is 398 g/mol. The second-order valence-corrected chi connectivity index (χ2v) is 8.18. The second kappa shape index (κ2) is 8.48. The third-order valence-corrected chi connectivity index (χ3v) is 5.71. The Hall–Kier alpha value is -2.80. The van der Waals surface area contributed by atoms with Gasteiger partial charge in [-0.25, -0.2) is 4.79 Å². The van der Waals surface area contributed by atoms with Crippen LogP contribution in [0.5, 0.6) is 0 Å². The van der Waals surface area contributed by atoms with Gasteiger partial charge in [-0.15, -0.1) is 11.8 Å². The Kier molecular flexibility index (Phi) is 6.04. The zero-order valence-corrected chi connectivity index (χ0v) is 16.6. The van der Waals surface area contributed by atoms with Crippen LogP contribution in [-0.4, -0.2) is 39.6 Å². The summed E-state index contributed by atoms with van der Waals surface area (Å²) in [7, 11) is 0. The highest BCUT2D eigenvalue weighted by molar-refractivity contribution is 8.00. The summed E-state index contributed by atoms with van der Waals surface area (Å²) in [6.45, 7) is 4.39. The Morgan fingerprint density at radius 1 is 1.11 bits per heavy atom. The van der Waals surface area contributed by atoms with Gasteiger partial charge in [0.05, 0.1) is 10.8 Å². The summed E-state index contributed by atoms with van der Waals surface area (Å²) < 4.78 is 0. The van der Waals surface area contributed by atoms with E-state index in [4.69, 9.17) is 0 Å². The van der Waals surface area contributed by atoms with Crippen molar-refractivity contribution in [1.82, 2.24) is 4.90 Å². The van der Waals surface area contributed by atoms with E-state index in [0.717, 1.165) is 28.1 Å². The first-order valence-corrected chi connectivity index (χ1v) is 9.89. The molecule has 1 unspecified atom stereocenters. The lowest BCUT2D eigenvalue weighted by molar-refractivity contribution is -0.131. The van der Waals surface area contributed by atoms with Gasteiger partial charge >= 0.3 is 5.97 Å². The van der Waals surface area contributed by atoms with Crippen LogP contribution >= 0.6 is 11.8 Å². The molecule has 146 valence electrons. The number of carboxylic acid groups (broad SMARTS) is 1. The molecule has 1 heterocycles. The van der Waals surface area contributed by atoms with Gasteiger partial charge in [-0.1, -0.05) is 6.07 Å². The van der Waals surface area contributed by atoms with Gasteiger partial charge in [-0.05, 0) is 60.9 Å². The third kappa shape index (κ3) is 4.72. The highest BCUT2D eigenvalue weighted by atomic mass is 32.2. The maximum Gasteiger partial charge on any atom is 0.335 e. The third-order valence-electron chi connectivity index (χ3n) is 4.61. The van der Waals surface area contributed by atoms with Crippen molar-refractivity contribution < 1.29 is 19.5 Å². The Morgan fingerprint density at radius 3 is 2.46 bits per heavy atom. The fourth-order valence-corrected chi connectivity index (χ4v) is 4.16. The summed E-state index contributed by atoms with van der Waals surface area (Å²) in [5.74, 6) is -1.06. The van der Waals surface area contributed by atoms with Gasteiger partial charge in [0.1, 0.15) is 0 Å². The van der Waals surface area contributed by atoms with E-state index in [0.29, 0.717) is 13.1 Å². The average Bonchev–Trinajstić information content (AvgIpc) is 2.67. The van der Waals surface area contributed by atoms with Gasteiger partial charge < -0.3 is 15.3 Å². The minimum Gasteiger partial charge on any atom is -0.478 e. The number of benzene rings is 2. The number of carbonyl (C=O) groups is 3. The highest BCUT2D eigenvalue weighted by Crippen LogP contribution is 2.28. The quantitative estimate of drug-likeness (QED) is 0.754. The van der Waals surface area contributed by atoms with Crippen molar-refractivity contribution in [1.29, 1.82) is 0 Å². The molecule has 2 N–H and O–H groups in total. The van der Waals surface area contributed by atoms with Crippen LogP contribution in [0.25, 0.3) is 0 Å². The molecule has 1 atom stereocenters. The minimum atomic E-state index is -0.960. The molecule has 0 spiro atoms. The zero-order valence-electron chi connectivity index (χ0n) is 15.8. The van der Waals surface area contributed by atoms with E-state index in [1.807, 2.05) is 37.3 Å². The van der Waals surface area contributed by atoms with Gasteiger partial charge in [0, 0.05) is 30.6 Å². The largest absolute Gasteiger partial charge is 0.478 e. The number of aromatic carboxylic acids is 1. The molecule has 1 aliphatic rings. The Morgan fingerprint density at radius 2 is 1.82 bits per heavy atom. The molecule has 6 nitrogen and oxygen atoms in total. The van der Waals surface area contributed by atoms with Crippen molar-refractivity contribution in [2.75, 3.05) is 11.9 Å². The lowest BCUT2D eigenvalue weighted by atomic mass is 9.97. The van der Waals surface area contributed by atoms with Gasteiger partial charge in [0.25, 0.3) is 0 Å². The van der Waals surface area contributed by atoms with Gasteiger partial charge in [0.15, 0.2) is 0 Å². The van der Waals surface area contributed by atoms with Crippen LogP contribution < -0.4 is 5.32 Å². The highest BCUT2D eigenvalue weighted by Gasteiger charge is 2.26. The fourth-order valence-electron chi connectivity index (χ4n) is 3.21. The van der Waals surface area contributed by atoms with E-state index in [-0.39, 0.29) is 22.6 Å². The molecule has 2 amide bonds. The standard InChI is InChI=1S/C21H22N2O4S/c1-13(28-19-7-5-18(6-8-19)22-14(2)24)20(25)23-10-9-15-3-4-16(21(26)27)11-17(15)12-23/h3-8,11,13H,9-10,12H2,1-2H3,(H,22,24)(H,26,27). The van der Waals surface area contributed by atoms with Crippen LogP contribution in [0, 0.1) is 0 Å². The molecule has 2 aromatic rings. The number of amides is 2. The van der Waals surface area contributed by atoms with Crippen LogP contribution in [-0.2, 0) is 22.6 Å². The first-order valence-electron chi connectivity index (χ1n) is 9.01. The molecule has 0 bridgehead atoms. The maximum atomic E-state index is 12.9. The smallest absolute Gasteiger partial charge is 0.335 e. The average molecular weight is 398 g/mol. The number of nitrogens with one attached hydrogen (secondary N) is 1. The number of carboxylic acids is 1. The molecule has 0 aromatic heterocycles. The summed E-state index contributed by atoms with van der Waals surface area (Å²) in [5.41, 5.74) is 2.96. The number of thioether (sulfide) groups is 1. The number of hydrogen-bond donors (Lipinski definition) is 2. The molecule has 7 heteroatoms. The van der Waals surface area contributed by atoms with Crippen molar-refractivity contribution in [2.24, 2.45) is 0 Å². The predicted molar refractivity (Wildman–Crippen MR) is 109 cm³/mol. The first kappa shape index (κ1) is 19.9. The van der Waals surface area contributed by atoms with E-state index >= 15 is 0 Å². The van der Waals surface area contributed by atoms with Crippen molar-refractivity contribution in [3.8, 4) is 0 Å². The van der Waals surface area contributed by atoms with Crippen molar-refractivity contribution in [3.63, 3.8) is 0 Å². The number of rotatable bonds is 5. The van der Waals surface area contributed by atoms with E-state index in [1.54, 1.807) is 17.0 Å². The first-order chi connectivity index (χ1) is 13.3. The zero-order chi connectivity index (χ0) is 20.3. The van der Waals surface area contributed by atoms with Crippen LogP contribution in [0.15, 0.2) is 47.4 Å². The van der Waals surface area contributed by atoms with E-state index in [9.17, 15) is 19.5 Å². The molecule has 0 radical (unpaired) electrons. The molecule has 2 aromatic carbocycles. The second-order valence-electron chi connectivity index (χ2n) is 6.76. The molecule has 28 heavy (non-hydrogen) atoms. The van der Waals surface area contributed by atoms with Gasteiger partial charge in [-0.3, -0.25) is 9.59 Å². The Balaban J connectivity index is 1.64. The number of nitrogens with zero attached hydrogens (tertiary/aromatic N) is 1. The molecular formula is C21H22N2O4S. The molecule has 0 saturated carbocycles. The predicted octanol–water partition coefficient (Wildman–Crippen LogP) is 3.41. The molecule has 0 aliphatic carbocycles. The molecule has 0 saturated heterocycles. The molecule has 3 rings (SSSR count). The maximum absolute atomic E-state index is 12.9. The summed E-state index contributed by atoms with van der Waals surface area (Å²) in [5, 5.41) is 11.6. The summed E-state index contributed by atoms with van der Waals surface area (Å²) >= 11 is 1.46. The number of anilines is 1. The summed E-state index contributed by atoms with van der Waals surface area (Å²) in [4.78, 5) is 37.9. The lowest BCUT2D eigenvalue weighted by Crippen LogP contribution is -2.40. The van der Waals surface area contributed by atoms with Crippen LogP contribution in [0.3, 0.4) is 0 Å². The van der Waals surface area contributed by atoms with Crippen molar-refractivity contribution >= 4 is 35.2 Å². The van der Waals surface area contributed by atoms with Gasteiger partial charge in [-0.2, -0.15) is 0 Å². The summed E-state index contributed by atoms with van der Waals surface area (Å²) in [6.07, 6.45) is 0.726. The number of fused-ring (bicyclic) bond motifs is 1. The Bertz CT molecular complexity index is 911.